The van der Waals surface area contributed by atoms with Crippen LogP contribution in [0.2, 0.25) is 0 Å². The third-order valence-electron chi connectivity index (χ3n) is 7.58. The molecule has 0 amide bonds. The lowest BCUT2D eigenvalue weighted by Gasteiger charge is -2.34. The molecule has 0 bridgehead atoms. The van der Waals surface area contributed by atoms with Crippen LogP contribution in [0.25, 0.3) is 10.9 Å². The topological polar surface area (TPSA) is 98.1 Å². The molecule has 0 spiro atoms. The molecule has 0 saturated carbocycles. The number of fused-ring (bicyclic) bond motifs is 2. The van der Waals surface area contributed by atoms with Crippen molar-refractivity contribution in [3.05, 3.63) is 114 Å². The van der Waals surface area contributed by atoms with Crippen molar-refractivity contribution >= 4 is 26.9 Å². The molecular formula is C30H28N2O6S. The van der Waals surface area contributed by atoms with E-state index in [4.69, 9.17) is 9.47 Å². The average molecular weight is 545 g/mol. The Labute approximate surface area is 226 Å². The van der Waals surface area contributed by atoms with Gasteiger partial charge in [0.25, 0.3) is 0 Å². The summed E-state index contributed by atoms with van der Waals surface area (Å²) in [5.74, 6) is -0.581. The molecule has 3 heterocycles. The lowest BCUT2D eigenvalue weighted by molar-refractivity contribution is -0.137. The summed E-state index contributed by atoms with van der Waals surface area (Å²) in [5.41, 5.74) is 3.96. The van der Waals surface area contributed by atoms with Crippen LogP contribution in [0.5, 0.6) is 0 Å². The number of carboxylic acids is 1. The van der Waals surface area contributed by atoms with E-state index in [0.29, 0.717) is 23.4 Å². The molecule has 3 aromatic rings. The van der Waals surface area contributed by atoms with Crippen LogP contribution < -0.4 is 0 Å². The van der Waals surface area contributed by atoms with Gasteiger partial charge in [0.2, 0.25) is 10.0 Å². The summed E-state index contributed by atoms with van der Waals surface area (Å²) in [4.78, 5) is 12.0. The SMILES string of the molecule is Cc1c(C2c3ccccc3S(=O)(=O)N2C(CC2=CC=CCC2)C2=COC=CO2)c2ccccc2n1CC(=O)O. The smallest absolute Gasteiger partial charge is 0.323 e. The first-order chi connectivity index (χ1) is 18.9. The van der Waals surface area contributed by atoms with Gasteiger partial charge >= 0.3 is 5.97 Å². The van der Waals surface area contributed by atoms with Gasteiger partial charge in [0.05, 0.1) is 17.0 Å². The van der Waals surface area contributed by atoms with Gasteiger partial charge in [-0.05, 0) is 43.9 Å². The van der Waals surface area contributed by atoms with Crippen molar-refractivity contribution in [1.29, 1.82) is 0 Å². The van der Waals surface area contributed by atoms with Crippen LogP contribution in [-0.4, -0.2) is 34.4 Å². The molecular weight excluding hydrogens is 516 g/mol. The molecule has 1 aromatic heterocycles. The third-order valence-corrected chi connectivity index (χ3v) is 9.53. The molecule has 8 nitrogen and oxygen atoms in total. The molecule has 200 valence electrons. The average Bonchev–Trinajstić information content (AvgIpc) is 3.34. The van der Waals surface area contributed by atoms with Crippen LogP contribution in [0.1, 0.15) is 42.1 Å². The molecule has 9 heteroatoms. The van der Waals surface area contributed by atoms with E-state index in [1.165, 1.54) is 23.1 Å². The number of benzene rings is 2. The fraction of sp³-hybridized carbons (Fsp3) is 0.233. The Kier molecular flexibility index (Phi) is 6.40. The summed E-state index contributed by atoms with van der Waals surface area (Å²) in [7, 11) is -3.98. The van der Waals surface area contributed by atoms with E-state index in [0.717, 1.165) is 34.9 Å². The largest absolute Gasteiger partial charge is 0.480 e. The van der Waals surface area contributed by atoms with Crippen LogP contribution in [0.15, 0.2) is 102 Å². The molecule has 0 radical (unpaired) electrons. The van der Waals surface area contributed by atoms with Crippen molar-refractivity contribution < 1.29 is 27.8 Å². The molecule has 1 aliphatic carbocycles. The zero-order valence-corrected chi connectivity index (χ0v) is 22.2. The number of allylic oxidation sites excluding steroid dienone is 3. The van der Waals surface area contributed by atoms with E-state index in [9.17, 15) is 18.3 Å². The summed E-state index contributed by atoms with van der Waals surface area (Å²) < 4.78 is 43.3. The van der Waals surface area contributed by atoms with Crippen molar-refractivity contribution in [2.75, 3.05) is 0 Å². The van der Waals surface area contributed by atoms with Gasteiger partial charge in [-0.3, -0.25) is 4.79 Å². The lowest BCUT2D eigenvalue weighted by Crippen LogP contribution is -2.41. The summed E-state index contributed by atoms with van der Waals surface area (Å²) in [6.45, 7) is 1.62. The molecule has 2 aromatic carbocycles. The first kappa shape index (κ1) is 25.2. The van der Waals surface area contributed by atoms with Gasteiger partial charge in [-0.15, -0.1) is 0 Å². The Morgan fingerprint density at radius 2 is 1.92 bits per heavy atom. The predicted molar refractivity (Wildman–Crippen MR) is 146 cm³/mol. The van der Waals surface area contributed by atoms with Gasteiger partial charge in [-0.2, -0.15) is 4.31 Å². The highest BCUT2D eigenvalue weighted by atomic mass is 32.2. The number of ether oxygens (including phenoxy) is 2. The first-order valence-electron chi connectivity index (χ1n) is 12.8. The summed E-state index contributed by atoms with van der Waals surface area (Å²) >= 11 is 0. The van der Waals surface area contributed by atoms with E-state index >= 15 is 0 Å². The predicted octanol–water partition coefficient (Wildman–Crippen LogP) is 5.52. The number of aliphatic carboxylic acids is 1. The first-order valence-corrected chi connectivity index (χ1v) is 14.3. The van der Waals surface area contributed by atoms with Crippen molar-refractivity contribution in [3.63, 3.8) is 0 Å². The number of sulfonamides is 1. The molecule has 3 aliphatic rings. The Balaban J connectivity index is 1.60. The Morgan fingerprint density at radius 3 is 2.67 bits per heavy atom. The number of nitrogens with zero attached hydrogens (tertiary/aromatic N) is 2. The minimum absolute atomic E-state index is 0.233. The minimum Gasteiger partial charge on any atom is -0.480 e. The maximum absolute atomic E-state index is 14.4. The third kappa shape index (κ3) is 4.27. The second-order valence-electron chi connectivity index (χ2n) is 9.83. The fourth-order valence-corrected chi connectivity index (χ4v) is 7.88. The number of carboxylic acid groups (broad SMARTS) is 1. The highest BCUT2D eigenvalue weighted by Crippen LogP contribution is 2.50. The number of rotatable bonds is 7. The van der Waals surface area contributed by atoms with Crippen LogP contribution in [0.3, 0.4) is 0 Å². The molecule has 2 unspecified atom stereocenters. The number of aromatic nitrogens is 1. The maximum atomic E-state index is 14.4. The highest BCUT2D eigenvalue weighted by Gasteiger charge is 2.50. The second kappa shape index (κ2) is 9.91. The molecule has 0 fully saturated rings. The zero-order chi connectivity index (χ0) is 27.1. The van der Waals surface area contributed by atoms with Crippen molar-refractivity contribution in [3.8, 4) is 0 Å². The summed E-state index contributed by atoms with van der Waals surface area (Å²) in [6, 6.07) is 13.2. The Bertz CT molecular complexity index is 1700. The van der Waals surface area contributed by atoms with Crippen LogP contribution in [0.4, 0.5) is 0 Å². The van der Waals surface area contributed by atoms with Crippen LogP contribution in [0, 0.1) is 6.92 Å². The van der Waals surface area contributed by atoms with Gasteiger partial charge in [-0.25, -0.2) is 8.42 Å². The Hall–Kier alpha value is -4.08. The minimum atomic E-state index is -3.98. The van der Waals surface area contributed by atoms with E-state index in [1.807, 2.05) is 55.5 Å². The van der Waals surface area contributed by atoms with Crippen LogP contribution in [-0.2, 0) is 30.8 Å². The van der Waals surface area contributed by atoms with E-state index in [2.05, 4.69) is 6.08 Å². The molecule has 1 N–H and O–H groups in total. The summed E-state index contributed by atoms with van der Waals surface area (Å²) in [6.07, 6.45) is 12.5. The molecule has 0 saturated heterocycles. The quantitative estimate of drug-likeness (QED) is 0.421. The van der Waals surface area contributed by atoms with Gasteiger partial charge in [0.15, 0.2) is 5.76 Å². The van der Waals surface area contributed by atoms with Gasteiger partial charge in [-0.1, -0.05) is 60.2 Å². The standard InChI is InChI=1S/C30H28N2O6S/c1-20-29(22-11-5-7-13-24(22)31(20)18-28(33)34)30-23-12-6-8-14-27(23)39(35,36)32(30)25(26-19-37-15-16-38-26)17-21-9-3-2-4-10-21/h2-3,5-9,11-16,19,25,30H,4,10,17-18H2,1H3,(H,33,34). The van der Waals surface area contributed by atoms with Crippen molar-refractivity contribution in [2.45, 2.75) is 49.7 Å². The molecule has 39 heavy (non-hydrogen) atoms. The Morgan fingerprint density at radius 1 is 1.13 bits per heavy atom. The lowest BCUT2D eigenvalue weighted by atomic mass is 9.92. The van der Waals surface area contributed by atoms with Crippen LogP contribution >= 0.6 is 0 Å². The fourth-order valence-electron chi connectivity index (χ4n) is 5.92. The number of hydrogen-bond donors (Lipinski definition) is 1. The van der Waals surface area contributed by atoms with E-state index in [-0.39, 0.29) is 11.4 Å². The summed E-state index contributed by atoms with van der Waals surface area (Å²) in [5, 5.41) is 10.5. The van der Waals surface area contributed by atoms with Gasteiger partial charge in [0.1, 0.15) is 25.3 Å². The van der Waals surface area contributed by atoms with Crippen molar-refractivity contribution in [2.24, 2.45) is 0 Å². The molecule has 6 rings (SSSR count). The van der Waals surface area contributed by atoms with Gasteiger partial charge < -0.3 is 19.1 Å². The normalized spacial score (nSPS) is 20.6. The van der Waals surface area contributed by atoms with Crippen molar-refractivity contribution in [1.82, 2.24) is 8.87 Å². The second-order valence-corrected chi connectivity index (χ2v) is 11.6. The zero-order valence-electron chi connectivity index (χ0n) is 21.4. The highest BCUT2D eigenvalue weighted by molar-refractivity contribution is 7.89. The number of carbonyl (C=O) groups is 1. The van der Waals surface area contributed by atoms with E-state index < -0.39 is 28.1 Å². The molecule has 2 aliphatic heterocycles. The number of para-hydroxylation sites is 1. The monoisotopic (exact) mass is 544 g/mol. The van der Waals surface area contributed by atoms with E-state index in [1.54, 1.807) is 16.7 Å². The molecule has 2 atom stereocenters. The number of hydrogen-bond acceptors (Lipinski definition) is 5. The maximum Gasteiger partial charge on any atom is 0.323 e. The van der Waals surface area contributed by atoms with Gasteiger partial charge in [0, 0.05) is 22.2 Å².